The Morgan fingerprint density at radius 3 is 2.65 bits per heavy atom. The van der Waals surface area contributed by atoms with Gasteiger partial charge in [0.1, 0.15) is 6.04 Å². The highest BCUT2D eigenvalue weighted by Crippen LogP contribution is 2.35. The van der Waals surface area contributed by atoms with Gasteiger partial charge in [0.25, 0.3) is 0 Å². The van der Waals surface area contributed by atoms with Gasteiger partial charge in [-0.3, -0.25) is 4.79 Å². The number of likely N-dealkylation sites (tertiary alicyclic amines) is 1. The molecule has 0 bridgehead atoms. The van der Waals surface area contributed by atoms with Gasteiger partial charge in [0.05, 0.1) is 6.04 Å². The molecule has 2 atom stereocenters. The van der Waals surface area contributed by atoms with E-state index in [-0.39, 0.29) is 18.0 Å². The summed E-state index contributed by atoms with van der Waals surface area (Å²) in [6.07, 6.45) is 4.33. The number of rotatable bonds is 4. The molecule has 4 rings (SSSR count). The lowest BCUT2D eigenvalue weighted by Crippen LogP contribution is -2.50. The van der Waals surface area contributed by atoms with E-state index in [9.17, 15) is 9.59 Å². The van der Waals surface area contributed by atoms with Crippen molar-refractivity contribution in [2.45, 2.75) is 50.7 Å². The lowest BCUT2D eigenvalue weighted by Gasteiger charge is -2.32. The maximum absolute atomic E-state index is 13.2. The number of hydrogen-bond acceptors (Lipinski definition) is 2. The van der Waals surface area contributed by atoms with Gasteiger partial charge in [-0.15, -0.1) is 0 Å². The summed E-state index contributed by atoms with van der Waals surface area (Å²) in [6, 6.07) is 12.6. The van der Waals surface area contributed by atoms with Crippen molar-refractivity contribution in [3.63, 3.8) is 0 Å². The molecule has 5 nitrogen and oxygen atoms in total. The van der Waals surface area contributed by atoms with Gasteiger partial charge in [-0.05, 0) is 67.0 Å². The number of nitrogens with one attached hydrogen (secondary N) is 1. The zero-order chi connectivity index (χ0) is 22.0. The fourth-order valence-electron chi connectivity index (χ4n) is 4.67. The number of aryl methyl sites for hydroxylation is 1. The Kier molecular flexibility index (Phi) is 6.73. The molecule has 1 fully saturated rings. The second-order valence-corrected chi connectivity index (χ2v) is 9.22. The quantitative estimate of drug-likeness (QED) is 0.682. The first-order chi connectivity index (χ1) is 14.9. The van der Waals surface area contributed by atoms with Gasteiger partial charge in [-0.2, -0.15) is 0 Å². The second kappa shape index (κ2) is 9.49. The Bertz CT molecular complexity index is 964. The molecule has 0 spiro atoms. The van der Waals surface area contributed by atoms with Gasteiger partial charge in [-0.1, -0.05) is 47.5 Å². The van der Waals surface area contributed by atoms with E-state index in [1.165, 1.54) is 5.56 Å². The normalized spacial score (nSPS) is 20.3. The number of fused-ring (bicyclic) bond motifs is 1. The minimum Gasteiger partial charge on any atom is -0.340 e. The molecule has 164 valence electrons. The number of carbonyl (C=O) groups excluding carboxylic acids is 2. The third-order valence-electron chi connectivity index (χ3n) is 6.24. The van der Waals surface area contributed by atoms with E-state index >= 15 is 0 Å². The molecule has 0 saturated carbocycles. The van der Waals surface area contributed by atoms with E-state index in [0.29, 0.717) is 29.6 Å². The summed E-state index contributed by atoms with van der Waals surface area (Å²) in [5, 5.41) is 4.52. The van der Waals surface area contributed by atoms with Crippen LogP contribution in [0.5, 0.6) is 0 Å². The summed E-state index contributed by atoms with van der Waals surface area (Å²) in [5.41, 5.74) is 3.22. The third kappa shape index (κ3) is 4.83. The monoisotopic (exact) mass is 459 g/mol. The van der Waals surface area contributed by atoms with Crippen molar-refractivity contribution in [1.82, 2.24) is 15.1 Å². The molecule has 7 heteroatoms. The number of urea groups is 1. The number of likely N-dealkylation sites (N-methyl/N-ethyl adjacent to an activating group) is 1. The number of halogens is 2. The average Bonchev–Trinajstić information content (AvgIpc) is 3.25. The molecule has 2 aliphatic rings. The fourth-order valence-corrected chi connectivity index (χ4v) is 5.12. The van der Waals surface area contributed by atoms with Crippen molar-refractivity contribution in [3.05, 3.63) is 69.2 Å². The molecular weight excluding hydrogens is 433 g/mol. The molecule has 0 aromatic heterocycles. The van der Waals surface area contributed by atoms with Gasteiger partial charge in [0.15, 0.2) is 0 Å². The minimum atomic E-state index is -0.438. The predicted octanol–water partition coefficient (Wildman–Crippen LogP) is 5.20. The largest absolute Gasteiger partial charge is 0.340 e. The Morgan fingerprint density at radius 2 is 1.87 bits per heavy atom. The Balaban J connectivity index is 1.43. The fraction of sp³-hybridized carbons (Fsp3) is 0.417. The van der Waals surface area contributed by atoms with Crippen LogP contribution in [-0.2, 0) is 17.8 Å². The number of hydrogen-bond donors (Lipinski definition) is 1. The highest BCUT2D eigenvalue weighted by Gasteiger charge is 2.37. The lowest BCUT2D eigenvalue weighted by molar-refractivity contribution is -0.134. The minimum absolute atomic E-state index is 0.0373. The van der Waals surface area contributed by atoms with E-state index in [2.05, 4.69) is 11.4 Å². The topological polar surface area (TPSA) is 52.7 Å². The first-order valence-corrected chi connectivity index (χ1v) is 11.5. The maximum atomic E-state index is 13.2. The Hall–Kier alpha value is -2.24. The number of nitrogens with zero attached hydrogens (tertiary/aromatic N) is 2. The van der Waals surface area contributed by atoms with Crippen LogP contribution in [0.25, 0.3) is 0 Å². The summed E-state index contributed by atoms with van der Waals surface area (Å²) in [6.45, 7) is 1.06. The summed E-state index contributed by atoms with van der Waals surface area (Å²) in [5.74, 6) is -0.0373. The molecule has 31 heavy (non-hydrogen) atoms. The maximum Gasteiger partial charge on any atom is 0.318 e. The van der Waals surface area contributed by atoms with E-state index < -0.39 is 6.04 Å². The highest BCUT2D eigenvalue weighted by atomic mass is 35.5. The van der Waals surface area contributed by atoms with Crippen LogP contribution in [0.4, 0.5) is 4.79 Å². The smallest absolute Gasteiger partial charge is 0.318 e. The lowest BCUT2D eigenvalue weighted by atomic mass is 9.87. The van der Waals surface area contributed by atoms with Crippen molar-refractivity contribution < 1.29 is 9.59 Å². The van der Waals surface area contributed by atoms with E-state index in [1.54, 1.807) is 16.8 Å². The summed E-state index contributed by atoms with van der Waals surface area (Å²) < 4.78 is 0. The van der Waals surface area contributed by atoms with Gasteiger partial charge < -0.3 is 15.1 Å². The van der Waals surface area contributed by atoms with Gasteiger partial charge in [-0.25, -0.2) is 4.79 Å². The molecule has 2 aromatic rings. The van der Waals surface area contributed by atoms with Crippen LogP contribution in [-0.4, -0.2) is 41.4 Å². The summed E-state index contributed by atoms with van der Waals surface area (Å²) >= 11 is 12.4. The standard InChI is InChI=1S/C24H27Cl2N3O2/c1-28(15-16-10-12-18(25)13-11-16)23(30)21-9-4-14-29(21)24(31)27-20-8-3-6-17-5-2-7-19(26)22(17)20/h2,5,7,10-13,20-21H,3-4,6,8-9,14-15H2,1H3,(H,27,31). The zero-order valence-electron chi connectivity index (χ0n) is 17.6. The van der Waals surface area contributed by atoms with Crippen molar-refractivity contribution in [2.75, 3.05) is 13.6 Å². The van der Waals surface area contributed by atoms with Crippen molar-refractivity contribution >= 4 is 35.1 Å². The molecular formula is C24H27Cl2N3O2. The predicted molar refractivity (Wildman–Crippen MR) is 123 cm³/mol. The van der Waals surface area contributed by atoms with Crippen molar-refractivity contribution in [2.24, 2.45) is 0 Å². The Morgan fingerprint density at radius 1 is 1.10 bits per heavy atom. The molecule has 1 N–H and O–H groups in total. The molecule has 1 aliphatic carbocycles. The van der Waals surface area contributed by atoms with Crippen LogP contribution < -0.4 is 5.32 Å². The van der Waals surface area contributed by atoms with Crippen LogP contribution >= 0.6 is 23.2 Å². The van der Waals surface area contributed by atoms with E-state index in [4.69, 9.17) is 23.2 Å². The number of benzene rings is 2. The first-order valence-electron chi connectivity index (χ1n) is 10.8. The second-order valence-electron chi connectivity index (χ2n) is 8.38. The van der Waals surface area contributed by atoms with E-state index in [1.807, 2.05) is 36.4 Å². The molecule has 3 amide bonds. The number of carbonyl (C=O) groups is 2. The Labute approximate surface area is 193 Å². The van der Waals surface area contributed by atoms with Crippen molar-refractivity contribution in [1.29, 1.82) is 0 Å². The average molecular weight is 460 g/mol. The summed E-state index contributed by atoms with van der Waals surface area (Å²) in [7, 11) is 1.78. The molecule has 1 heterocycles. The molecule has 1 aliphatic heterocycles. The third-order valence-corrected chi connectivity index (χ3v) is 6.82. The summed E-state index contributed by atoms with van der Waals surface area (Å²) in [4.78, 5) is 29.7. The van der Waals surface area contributed by atoms with Crippen molar-refractivity contribution in [3.8, 4) is 0 Å². The van der Waals surface area contributed by atoms with Crippen LogP contribution in [0.15, 0.2) is 42.5 Å². The van der Waals surface area contributed by atoms with Crippen LogP contribution in [0.1, 0.15) is 48.4 Å². The molecule has 0 radical (unpaired) electrons. The van der Waals surface area contributed by atoms with Crippen LogP contribution in [0, 0.1) is 0 Å². The van der Waals surface area contributed by atoms with Crippen LogP contribution in [0.3, 0.4) is 0 Å². The van der Waals surface area contributed by atoms with Crippen LogP contribution in [0.2, 0.25) is 10.0 Å². The SMILES string of the molecule is CN(Cc1ccc(Cl)cc1)C(=O)C1CCCN1C(=O)NC1CCCc2cccc(Cl)c21. The molecule has 2 unspecified atom stereocenters. The highest BCUT2D eigenvalue weighted by molar-refractivity contribution is 6.31. The first kappa shape index (κ1) is 22.0. The van der Waals surface area contributed by atoms with Gasteiger partial charge in [0, 0.05) is 30.2 Å². The zero-order valence-corrected chi connectivity index (χ0v) is 19.1. The van der Waals surface area contributed by atoms with Gasteiger partial charge in [0.2, 0.25) is 5.91 Å². The van der Waals surface area contributed by atoms with Gasteiger partial charge >= 0.3 is 6.03 Å². The number of amides is 3. The molecule has 2 aromatic carbocycles. The van der Waals surface area contributed by atoms with E-state index in [0.717, 1.165) is 36.8 Å². The molecule has 1 saturated heterocycles.